The second kappa shape index (κ2) is 4.97. The van der Waals surface area contributed by atoms with E-state index in [1.807, 2.05) is 0 Å². The van der Waals surface area contributed by atoms with Crippen molar-refractivity contribution in [1.82, 2.24) is 0 Å². The monoisotopic (exact) mass is 172 g/mol. The van der Waals surface area contributed by atoms with Gasteiger partial charge in [0.25, 0.3) is 0 Å². The smallest absolute Gasteiger partial charge is 0.0420 e. The maximum atomic E-state index is 2.47. The largest absolute Gasteiger partial charge is 0.0680 e. The fraction of sp³-hybridized carbons (Fsp3) is 1.00. The first kappa shape index (κ1) is 11.2. The van der Waals surface area contributed by atoms with Gasteiger partial charge in [0.05, 0.1) is 0 Å². The van der Waals surface area contributed by atoms with E-state index in [9.17, 15) is 0 Å². The molecule has 0 bridgehead atoms. The molecule has 0 aromatic carbocycles. The van der Waals surface area contributed by atoms with Crippen LogP contribution in [0.4, 0.5) is 0 Å². The van der Waals surface area contributed by atoms with Crippen molar-refractivity contribution in [2.75, 3.05) is 0 Å². The Morgan fingerprint density at radius 3 is 1.73 bits per heavy atom. The quantitative estimate of drug-likeness (QED) is 0.553. The molecule has 68 valence electrons. The van der Waals surface area contributed by atoms with Gasteiger partial charge in [-0.15, -0.1) is 0 Å². The van der Waals surface area contributed by atoms with Crippen LogP contribution in [-0.2, 0) is 0 Å². The summed E-state index contributed by atoms with van der Waals surface area (Å²) in [6, 6.07) is 2.95. The molecule has 0 spiro atoms. The van der Waals surface area contributed by atoms with Gasteiger partial charge < -0.3 is 0 Å². The van der Waals surface area contributed by atoms with Crippen molar-refractivity contribution in [2.24, 2.45) is 0 Å². The summed E-state index contributed by atoms with van der Waals surface area (Å²) in [6.45, 7) is 12.0. The molecule has 0 radical (unpaired) electrons. The van der Waals surface area contributed by atoms with Gasteiger partial charge in [0, 0.05) is 8.80 Å². The summed E-state index contributed by atoms with van der Waals surface area (Å²) >= 11 is 0. The van der Waals surface area contributed by atoms with Gasteiger partial charge in [-0.25, -0.2) is 0 Å². The summed E-state index contributed by atoms with van der Waals surface area (Å²) in [5, 5.41) is 0.707. The summed E-state index contributed by atoms with van der Waals surface area (Å²) in [5.41, 5.74) is 0. The predicted octanol–water partition coefficient (Wildman–Crippen LogP) is 3.83. The molecule has 0 N–H and O–H groups in total. The van der Waals surface area contributed by atoms with Crippen LogP contribution in [0.5, 0.6) is 0 Å². The first-order valence-electron chi connectivity index (χ1n) is 5.08. The van der Waals surface area contributed by atoms with E-state index in [-0.39, 0.29) is 0 Å². The molecule has 0 amide bonds. The van der Waals surface area contributed by atoms with E-state index >= 15 is 0 Å². The zero-order valence-electron chi connectivity index (χ0n) is 8.91. The van der Waals surface area contributed by atoms with E-state index in [0.717, 1.165) is 0 Å². The summed E-state index contributed by atoms with van der Waals surface area (Å²) in [7, 11) is -0.419. The normalized spacial score (nSPS) is 12.5. The Labute approximate surface area is 74.0 Å². The molecule has 0 aliphatic rings. The van der Waals surface area contributed by atoms with Crippen molar-refractivity contribution in [2.45, 2.75) is 64.6 Å². The summed E-state index contributed by atoms with van der Waals surface area (Å²) in [4.78, 5) is 0. The summed E-state index contributed by atoms with van der Waals surface area (Å²) < 4.78 is 0. The lowest BCUT2D eigenvalue weighted by Crippen LogP contribution is -2.25. The summed E-state index contributed by atoms with van der Waals surface area (Å²) in [5.74, 6) is 0. The van der Waals surface area contributed by atoms with Crippen LogP contribution in [0.1, 0.15) is 47.5 Å². The van der Waals surface area contributed by atoms with Crippen LogP contribution in [0.25, 0.3) is 0 Å². The first-order chi connectivity index (χ1) is 5.08. The summed E-state index contributed by atoms with van der Waals surface area (Å²) in [6.07, 6.45) is 2.79. The molecule has 0 unspecified atom stereocenters. The van der Waals surface area contributed by atoms with Crippen molar-refractivity contribution in [3.63, 3.8) is 0 Å². The van der Waals surface area contributed by atoms with Gasteiger partial charge in [0.15, 0.2) is 0 Å². The van der Waals surface area contributed by atoms with Gasteiger partial charge in [-0.3, -0.25) is 0 Å². The second-order valence-electron chi connectivity index (χ2n) is 4.25. The Kier molecular flexibility index (Phi) is 5.07. The molecular weight excluding hydrogens is 148 g/mol. The van der Waals surface area contributed by atoms with E-state index in [1.54, 1.807) is 0 Å². The molecule has 0 aliphatic heterocycles. The second-order valence-corrected chi connectivity index (χ2v) is 8.84. The molecule has 0 atom stereocenters. The molecule has 0 aromatic heterocycles. The molecule has 0 aliphatic carbocycles. The van der Waals surface area contributed by atoms with Crippen molar-refractivity contribution < 1.29 is 0 Å². The van der Waals surface area contributed by atoms with Gasteiger partial charge >= 0.3 is 0 Å². The van der Waals surface area contributed by atoms with E-state index in [0.29, 0.717) is 5.04 Å². The zero-order chi connectivity index (χ0) is 8.91. The van der Waals surface area contributed by atoms with Gasteiger partial charge in [0.1, 0.15) is 0 Å². The average molecular weight is 172 g/mol. The van der Waals surface area contributed by atoms with Crippen LogP contribution in [0.3, 0.4) is 0 Å². The molecule has 11 heavy (non-hydrogen) atoms. The van der Waals surface area contributed by atoms with E-state index in [2.05, 4.69) is 34.6 Å². The SMILES string of the molecule is CCCC(C)(C)[SiH](CC)CC. The highest BCUT2D eigenvalue weighted by Gasteiger charge is 2.26. The lowest BCUT2D eigenvalue weighted by molar-refractivity contribution is 0.578. The average Bonchev–Trinajstić information content (AvgIpc) is 1.89. The third-order valence-corrected chi connectivity index (χ3v) is 7.46. The molecule has 0 saturated heterocycles. The van der Waals surface area contributed by atoms with Crippen LogP contribution in [0.15, 0.2) is 0 Å². The highest BCUT2D eigenvalue weighted by atomic mass is 28.3. The highest BCUT2D eigenvalue weighted by Crippen LogP contribution is 2.37. The van der Waals surface area contributed by atoms with Crippen LogP contribution < -0.4 is 0 Å². The molecule has 0 rings (SSSR count). The van der Waals surface area contributed by atoms with Crippen LogP contribution in [-0.4, -0.2) is 8.80 Å². The van der Waals surface area contributed by atoms with Crippen LogP contribution >= 0.6 is 0 Å². The third-order valence-electron chi connectivity index (χ3n) is 2.99. The minimum absolute atomic E-state index is 0.419. The molecular formula is C10H24Si. The molecule has 0 aromatic rings. The number of hydrogen-bond acceptors (Lipinski definition) is 0. The molecule has 0 nitrogen and oxygen atoms in total. The maximum absolute atomic E-state index is 2.47. The fourth-order valence-electron chi connectivity index (χ4n) is 2.24. The lowest BCUT2D eigenvalue weighted by atomic mass is 10.1. The predicted molar refractivity (Wildman–Crippen MR) is 57.1 cm³/mol. The van der Waals surface area contributed by atoms with E-state index in [1.165, 1.54) is 24.9 Å². The van der Waals surface area contributed by atoms with Gasteiger partial charge in [-0.2, -0.15) is 0 Å². The lowest BCUT2D eigenvalue weighted by Gasteiger charge is -2.31. The fourth-order valence-corrected chi connectivity index (χ4v) is 5.73. The first-order valence-corrected chi connectivity index (χ1v) is 7.29. The van der Waals surface area contributed by atoms with Gasteiger partial charge in [-0.05, 0) is 5.04 Å². The van der Waals surface area contributed by atoms with Crippen LogP contribution in [0.2, 0.25) is 17.1 Å². The van der Waals surface area contributed by atoms with Gasteiger partial charge in [-0.1, -0.05) is 59.5 Å². The van der Waals surface area contributed by atoms with Crippen molar-refractivity contribution >= 4 is 8.80 Å². The molecule has 0 saturated carbocycles. The van der Waals surface area contributed by atoms with Crippen molar-refractivity contribution in [3.8, 4) is 0 Å². The Bertz CT molecular complexity index is 93.0. The van der Waals surface area contributed by atoms with E-state index in [4.69, 9.17) is 0 Å². The number of rotatable bonds is 5. The molecule has 1 heteroatoms. The van der Waals surface area contributed by atoms with Gasteiger partial charge in [0.2, 0.25) is 0 Å². The van der Waals surface area contributed by atoms with Crippen LogP contribution in [0, 0.1) is 0 Å². The number of hydrogen-bond donors (Lipinski definition) is 0. The topological polar surface area (TPSA) is 0 Å². The maximum Gasteiger partial charge on any atom is 0.0420 e. The molecule has 0 heterocycles. The Balaban J connectivity index is 4.00. The zero-order valence-corrected chi connectivity index (χ0v) is 10.1. The Morgan fingerprint density at radius 1 is 1.00 bits per heavy atom. The van der Waals surface area contributed by atoms with E-state index < -0.39 is 8.80 Å². The molecule has 0 fully saturated rings. The minimum Gasteiger partial charge on any atom is -0.0680 e. The highest BCUT2D eigenvalue weighted by molar-refractivity contribution is 6.61. The van der Waals surface area contributed by atoms with Crippen molar-refractivity contribution in [1.29, 1.82) is 0 Å². The van der Waals surface area contributed by atoms with Crippen molar-refractivity contribution in [3.05, 3.63) is 0 Å². The standard InChI is InChI=1S/C10H24Si/c1-6-9-10(4,5)11(7-2)8-3/h11H,6-9H2,1-5H3. The minimum atomic E-state index is -0.419. The Hall–Kier alpha value is 0.217. The third kappa shape index (κ3) is 3.41. The Morgan fingerprint density at radius 2 is 1.45 bits per heavy atom.